The van der Waals surface area contributed by atoms with E-state index in [2.05, 4.69) is 15.0 Å². The molecule has 0 bridgehead atoms. The lowest BCUT2D eigenvalue weighted by molar-refractivity contribution is 0.473. The van der Waals surface area contributed by atoms with Crippen molar-refractivity contribution in [3.8, 4) is 0 Å². The molecule has 0 saturated carbocycles. The van der Waals surface area contributed by atoms with E-state index in [-0.39, 0.29) is 0 Å². The fourth-order valence-electron chi connectivity index (χ4n) is 0.574. The maximum atomic E-state index is 10.5. The van der Waals surface area contributed by atoms with Gasteiger partial charge in [0.2, 0.25) is 5.95 Å². The van der Waals surface area contributed by atoms with Gasteiger partial charge in [-0.15, -0.1) is 0 Å². The fraction of sp³-hybridized carbons (Fsp3) is 0. The molecule has 0 radical (unpaired) electrons. The van der Waals surface area contributed by atoms with Crippen molar-refractivity contribution in [3.05, 3.63) is 22.8 Å². The van der Waals surface area contributed by atoms with Gasteiger partial charge >= 0.3 is 10.3 Å². The average molecular weight is 189 g/mol. The topological polar surface area (TPSA) is 121 Å². The number of nitrogens with zero attached hydrogens (tertiary/aromatic N) is 5. The lowest BCUT2D eigenvalue weighted by Gasteiger charge is -1.96. The molecule has 9 heteroatoms. The van der Waals surface area contributed by atoms with Gasteiger partial charge in [0.15, 0.2) is 0 Å². The van der Waals surface area contributed by atoms with E-state index in [1.54, 1.807) is 0 Å². The predicted octanol–water partition coefficient (Wildman–Crippen LogP) is 0.476. The molecule has 0 fully saturated rings. The Morgan fingerprint density at radius 2 is 2.42 bits per heavy atom. The van der Waals surface area contributed by atoms with Crippen LogP contribution >= 0.6 is 0 Å². The van der Waals surface area contributed by atoms with Gasteiger partial charge in [-0.1, -0.05) is 0 Å². The van der Waals surface area contributed by atoms with E-state index in [1.807, 2.05) is 0 Å². The second kappa shape index (κ2) is 2.81. The van der Waals surface area contributed by atoms with Gasteiger partial charge < -0.3 is 0 Å². The first kappa shape index (κ1) is 8.53. The van der Waals surface area contributed by atoms with Gasteiger partial charge in [0.1, 0.15) is 0 Å². The molecule has 0 saturated heterocycles. The minimum atomic E-state index is -4.42. The fourth-order valence-corrected chi connectivity index (χ4v) is 1.07. The summed E-state index contributed by atoms with van der Waals surface area (Å²) >= 11 is 0. The van der Waals surface area contributed by atoms with Crippen molar-refractivity contribution in [1.29, 1.82) is 0 Å². The van der Waals surface area contributed by atoms with Crippen molar-refractivity contribution in [2.45, 2.75) is 0 Å². The first-order valence-corrected chi connectivity index (χ1v) is 4.02. The summed E-state index contributed by atoms with van der Waals surface area (Å²) in [6.45, 7) is 0. The standard InChI is InChI=1S/C3H3N5O3S/c4-7-6-3-5-1-2-8(3)12(9,10)11/h1-2H,(H,9,10,11). The Morgan fingerprint density at radius 3 is 2.92 bits per heavy atom. The first-order chi connectivity index (χ1) is 5.55. The molecule has 0 aliphatic heterocycles. The van der Waals surface area contributed by atoms with Gasteiger partial charge in [-0.2, -0.15) is 8.42 Å². The molecular formula is C3H3N5O3S. The van der Waals surface area contributed by atoms with Gasteiger partial charge in [0.25, 0.3) is 0 Å². The lowest BCUT2D eigenvalue weighted by Crippen LogP contribution is -2.08. The van der Waals surface area contributed by atoms with Crippen LogP contribution in [0.4, 0.5) is 5.95 Å². The Kier molecular flexibility index (Phi) is 2.00. The van der Waals surface area contributed by atoms with E-state index in [0.29, 0.717) is 3.97 Å². The highest BCUT2D eigenvalue weighted by Crippen LogP contribution is 2.10. The molecule has 1 aromatic heterocycles. The Labute approximate surface area is 67.0 Å². The van der Waals surface area contributed by atoms with E-state index in [1.165, 1.54) is 0 Å². The van der Waals surface area contributed by atoms with Crippen LogP contribution in [0.3, 0.4) is 0 Å². The zero-order valence-electron chi connectivity index (χ0n) is 5.56. The summed E-state index contributed by atoms with van der Waals surface area (Å²) in [5.41, 5.74) is 7.96. The molecule has 1 rings (SSSR count). The van der Waals surface area contributed by atoms with Gasteiger partial charge in [-0.3, -0.25) is 4.55 Å². The molecule has 64 valence electrons. The SMILES string of the molecule is [N-]=[N+]=Nc1nccn1S(=O)(=O)O. The van der Waals surface area contributed by atoms with Gasteiger partial charge in [0.05, 0.1) is 0 Å². The zero-order chi connectivity index (χ0) is 9.19. The van der Waals surface area contributed by atoms with Gasteiger partial charge in [-0.25, -0.2) is 8.96 Å². The monoisotopic (exact) mass is 189 g/mol. The average Bonchev–Trinajstić information content (AvgIpc) is 2.34. The third-order valence-corrected chi connectivity index (χ3v) is 1.75. The lowest BCUT2D eigenvalue weighted by atomic mass is 11.0. The Balaban J connectivity index is 3.35. The maximum Gasteiger partial charge on any atom is 0.365 e. The molecule has 0 aromatic carbocycles. The number of hydrogen-bond acceptors (Lipinski definition) is 4. The number of rotatable bonds is 2. The Morgan fingerprint density at radius 1 is 1.75 bits per heavy atom. The number of hydrogen-bond donors (Lipinski definition) is 1. The summed E-state index contributed by atoms with van der Waals surface area (Å²) in [5, 5.41) is 2.93. The van der Waals surface area contributed by atoms with Crippen LogP contribution in [0.25, 0.3) is 10.4 Å². The summed E-state index contributed by atoms with van der Waals surface area (Å²) in [5.74, 6) is -0.431. The number of azide groups is 1. The first-order valence-electron chi connectivity index (χ1n) is 2.62. The van der Waals surface area contributed by atoms with E-state index < -0.39 is 16.3 Å². The minimum Gasteiger partial charge on any atom is -0.269 e. The third-order valence-electron chi connectivity index (χ3n) is 0.972. The molecule has 0 amide bonds. The largest absolute Gasteiger partial charge is 0.365 e. The Bertz CT molecular complexity index is 427. The van der Waals surface area contributed by atoms with E-state index in [4.69, 9.17) is 10.1 Å². The predicted molar refractivity (Wildman–Crippen MR) is 38.0 cm³/mol. The van der Waals surface area contributed by atoms with Crippen molar-refractivity contribution in [2.24, 2.45) is 5.11 Å². The van der Waals surface area contributed by atoms with Crippen LogP contribution in [0.1, 0.15) is 0 Å². The molecule has 0 aliphatic rings. The molecule has 0 unspecified atom stereocenters. The molecule has 12 heavy (non-hydrogen) atoms. The third kappa shape index (κ3) is 1.53. The normalized spacial score (nSPS) is 10.8. The van der Waals surface area contributed by atoms with E-state index in [0.717, 1.165) is 12.4 Å². The van der Waals surface area contributed by atoms with Crippen molar-refractivity contribution in [1.82, 2.24) is 8.96 Å². The second-order valence-corrected chi connectivity index (χ2v) is 2.98. The van der Waals surface area contributed by atoms with E-state index in [9.17, 15) is 8.42 Å². The van der Waals surface area contributed by atoms with Crippen molar-refractivity contribution < 1.29 is 13.0 Å². The maximum absolute atomic E-state index is 10.5. The Hall–Kier alpha value is -1.57. The van der Waals surface area contributed by atoms with Crippen LogP contribution in [0.5, 0.6) is 0 Å². The molecule has 1 aromatic rings. The van der Waals surface area contributed by atoms with Crippen LogP contribution in [0, 0.1) is 0 Å². The van der Waals surface area contributed by atoms with Crippen molar-refractivity contribution in [3.63, 3.8) is 0 Å². The smallest absolute Gasteiger partial charge is 0.269 e. The van der Waals surface area contributed by atoms with Crippen LogP contribution in [-0.4, -0.2) is 21.9 Å². The van der Waals surface area contributed by atoms with Gasteiger partial charge in [-0.05, 0) is 10.6 Å². The molecular weight excluding hydrogens is 186 g/mol. The summed E-state index contributed by atoms with van der Waals surface area (Å²) in [7, 11) is -4.42. The number of imidazole rings is 1. The summed E-state index contributed by atoms with van der Waals surface area (Å²) in [4.78, 5) is 5.69. The quantitative estimate of drug-likeness (QED) is 0.314. The van der Waals surface area contributed by atoms with Gasteiger partial charge in [0, 0.05) is 17.3 Å². The minimum absolute atomic E-state index is 0.354. The molecule has 0 aliphatic carbocycles. The molecule has 8 nitrogen and oxygen atoms in total. The van der Waals surface area contributed by atoms with Crippen LogP contribution < -0.4 is 0 Å². The second-order valence-electron chi connectivity index (χ2n) is 1.69. The molecule has 0 spiro atoms. The van der Waals surface area contributed by atoms with E-state index >= 15 is 0 Å². The number of aromatic nitrogens is 2. The van der Waals surface area contributed by atoms with Crippen LogP contribution in [0.2, 0.25) is 0 Å². The molecule has 1 heterocycles. The summed E-state index contributed by atoms with van der Waals surface area (Å²) in [6.07, 6.45) is 2.04. The molecule has 0 atom stereocenters. The van der Waals surface area contributed by atoms with Crippen LogP contribution in [0.15, 0.2) is 17.5 Å². The highest BCUT2D eigenvalue weighted by Gasteiger charge is 2.11. The van der Waals surface area contributed by atoms with Crippen LogP contribution in [-0.2, 0) is 10.3 Å². The summed E-state index contributed by atoms with van der Waals surface area (Å²) in [6, 6.07) is 0. The summed E-state index contributed by atoms with van der Waals surface area (Å²) < 4.78 is 29.8. The molecule has 1 N–H and O–H groups in total. The van der Waals surface area contributed by atoms with Crippen molar-refractivity contribution >= 4 is 16.3 Å². The highest BCUT2D eigenvalue weighted by atomic mass is 32.2. The van der Waals surface area contributed by atoms with Crippen molar-refractivity contribution in [2.75, 3.05) is 0 Å². The highest BCUT2D eigenvalue weighted by molar-refractivity contribution is 7.84. The zero-order valence-corrected chi connectivity index (χ0v) is 6.38.